The average molecular weight is 575 g/mol. The summed E-state index contributed by atoms with van der Waals surface area (Å²) in [4.78, 5) is 32.2. The van der Waals surface area contributed by atoms with Gasteiger partial charge in [-0.25, -0.2) is 9.36 Å². The number of fused-ring (bicyclic) bond motifs is 1. The molecule has 1 heterocycles. The number of hydrogen-bond donors (Lipinski definition) is 3. The minimum Gasteiger partial charge on any atom is -0.508 e. The van der Waals surface area contributed by atoms with Crippen molar-refractivity contribution in [1.82, 2.24) is 0 Å². The van der Waals surface area contributed by atoms with E-state index in [2.05, 4.69) is 0 Å². The third-order valence-corrected chi connectivity index (χ3v) is 7.16. The molecule has 0 aliphatic carbocycles. The number of carbonyl (C=O) groups excluding carboxylic acids is 1. The SMILES string of the molecule is Cc1cc(O)c(C(C)C)cc1C1(c2cc(C(C)C)c(OP(=O)(O)O)cc2C)OC(=O)c2ccccc21.O.[Na].[Na]. The van der Waals surface area contributed by atoms with Crippen molar-refractivity contribution in [3.8, 4) is 11.5 Å². The summed E-state index contributed by atoms with van der Waals surface area (Å²) in [6, 6.07) is 14.2. The first-order valence-corrected chi connectivity index (χ1v) is 13.4. The summed E-state index contributed by atoms with van der Waals surface area (Å²) in [5, 5.41) is 10.6. The van der Waals surface area contributed by atoms with Crippen molar-refractivity contribution < 1.29 is 39.0 Å². The molecule has 2 radical (unpaired) electrons. The fraction of sp³-hybridized carbons (Fsp3) is 0.321. The standard InChI is InChI=1S/C28H31O7P.2Na.H2O/c1-15(2)20-13-23(17(5)11-25(20)29)28(22-10-8-7-9-19(22)27(30)34-28)24-14-21(16(3)4)26(12-18(24)6)35-36(31,32)33;;;/h7-16,29H,1-6H3,(H2,31,32,33);;;1H2. The van der Waals surface area contributed by atoms with Gasteiger partial charge in [0, 0.05) is 75.8 Å². The molecule has 8 nitrogen and oxygen atoms in total. The number of ether oxygens (including phenoxy) is 1. The van der Waals surface area contributed by atoms with Crippen LogP contribution in [0.5, 0.6) is 11.5 Å². The predicted molar refractivity (Wildman–Crippen MR) is 152 cm³/mol. The van der Waals surface area contributed by atoms with E-state index in [9.17, 15) is 24.3 Å². The number of benzene rings is 3. The van der Waals surface area contributed by atoms with Gasteiger partial charge >= 0.3 is 13.8 Å². The summed E-state index contributed by atoms with van der Waals surface area (Å²) >= 11 is 0. The van der Waals surface area contributed by atoms with Crippen molar-refractivity contribution in [3.63, 3.8) is 0 Å². The van der Waals surface area contributed by atoms with E-state index >= 15 is 0 Å². The van der Waals surface area contributed by atoms with Crippen LogP contribution in [0.3, 0.4) is 0 Å². The van der Waals surface area contributed by atoms with Crippen LogP contribution in [0.4, 0.5) is 0 Å². The van der Waals surface area contributed by atoms with Crippen LogP contribution in [0, 0.1) is 13.8 Å². The Kier molecular flexibility index (Phi) is 12.2. The number of hydrogen-bond acceptors (Lipinski definition) is 5. The Morgan fingerprint density at radius 1 is 0.846 bits per heavy atom. The van der Waals surface area contributed by atoms with E-state index in [-0.39, 0.29) is 87.9 Å². The minimum absolute atomic E-state index is 0. The van der Waals surface area contributed by atoms with Gasteiger partial charge in [-0.1, -0.05) is 45.9 Å². The van der Waals surface area contributed by atoms with E-state index in [0.29, 0.717) is 33.4 Å². The van der Waals surface area contributed by atoms with Crippen LogP contribution in [0.1, 0.15) is 88.8 Å². The molecule has 0 amide bonds. The molecule has 4 rings (SSSR count). The summed E-state index contributed by atoms with van der Waals surface area (Å²) in [6.45, 7) is 11.4. The van der Waals surface area contributed by atoms with E-state index in [1.165, 1.54) is 0 Å². The van der Waals surface area contributed by atoms with Crippen LogP contribution in [0.15, 0.2) is 48.5 Å². The molecular weight excluding hydrogens is 541 g/mol. The Balaban J connectivity index is 0.00000253. The minimum atomic E-state index is -4.80. The zero-order valence-corrected chi connectivity index (χ0v) is 28.6. The molecule has 3 aromatic carbocycles. The number of aryl methyl sites for hydroxylation is 2. The molecule has 0 aromatic heterocycles. The number of aromatic hydroxyl groups is 1. The van der Waals surface area contributed by atoms with Gasteiger partial charge in [0.1, 0.15) is 11.5 Å². The number of phosphoric acid groups is 1. The molecule has 200 valence electrons. The Bertz CT molecular complexity index is 1420. The monoisotopic (exact) mass is 574 g/mol. The van der Waals surface area contributed by atoms with Gasteiger partial charge in [-0.2, -0.15) is 0 Å². The van der Waals surface area contributed by atoms with Gasteiger partial charge < -0.3 is 19.8 Å². The maximum Gasteiger partial charge on any atom is 0.524 e. The Morgan fingerprint density at radius 2 is 1.36 bits per heavy atom. The third-order valence-electron chi connectivity index (χ3n) is 6.72. The number of rotatable bonds is 6. The van der Waals surface area contributed by atoms with Crippen LogP contribution in [0.2, 0.25) is 0 Å². The molecule has 1 atom stereocenters. The van der Waals surface area contributed by atoms with Gasteiger partial charge in [0.25, 0.3) is 0 Å². The van der Waals surface area contributed by atoms with E-state index in [1.807, 2.05) is 58.9 Å². The van der Waals surface area contributed by atoms with Crippen molar-refractivity contribution in [2.75, 3.05) is 0 Å². The molecule has 0 bridgehead atoms. The van der Waals surface area contributed by atoms with Crippen molar-refractivity contribution in [3.05, 3.63) is 93.0 Å². The van der Waals surface area contributed by atoms with Crippen molar-refractivity contribution >= 4 is 72.9 Å². The van der Waals surface area contributed by atoms with Gasteiger partial charge in [-0.05, 0) is 78.3 Å². The number of phenolic OH excluding ortho intramolecular Hbond substituents is 1. The molecule has 1 unspecified atom stereocenters. The van der Waals surface area contributed by atoms with Crippen molar-refractivity contribution in [1.29, 1.82) is 0 Å². The summed E-state index contributed by atoms with van der Waals surface area (Å²) in [7, 11) is -4.80. The number of cyclic esters (lactones) is 1. The summed E-state index contributed by atoms with van der Waals surface area (Å²) in [6.07, 6.45) is 0. The van der Waals surface area contributed by atoms with Gasteiger partial charge in [0.2, 0.25) is 0 Å². The van der Waals surface area contributed by atoms with E-state index in [1.54, 1.807) is 31.2 Å². The Morgan fingerprint density at radius 3 is 1.90 bits per heavy atom. The maximum atomic E-state index is 13.2. The van der Waals surface area contributed by atoms with E-state index < -0.39 is 19.4 Å². The molecular formula is C28H33Na2O8P. The second-order valence-corrected chi connectivity index (χ2v) is 11.1. The first-order chi connectivity index (χ1) is 16.8. The Hall–Kier alpha value is -1.16. The first kappa shape index (κ1) is 35.9. The number of esters is 1. The molecule has 0 fully saturated rings. The molecule has 5 N–H and O–H groups in total. The van der Waals surface area contributed by atoms with E-state index in [4.69, 9.17) is 9.26 Å². The summed E-state index contributed by atoms with van der Waals surface area (Å²) in [5.41, 5.74) is 3.81. The van der Waals surface area contributed by atoms with Gasteiger partial charge in [0.15, 0.2) is 5.60 Å². The fourth-order valence-electron chi connectivity index (χ4n) is 5.05. The van der Waals surface area contributed by atoms with Crippen LogP contribution < -0.4 is 4.52 Å². The largest absolute Gasteiger partial charge is 0.524 e. The van der Waals surface area contributed by atoms with Gasteiger partial charge in [-0.3, -0.25) is 9.79 Å². The summed E-state index contributed by atoms with van der Waals surface area (Å²) < 4.78 is 23.0. The number of carbonyl (C=O) groups is 1. The smallest absolute Gasteiger partial charge is 0.508 e. The van der Waals surface area contributed by atoms with Gasteiger partial charge in [-0.15, -0.1) is 0 Å². The fourth-order valence-corrected chi connectivity index (χ4v) is 5.46. The average Bonchev–Trinajstić information content (AvgIpc) is 3.05. The maximum absolute atomic E-state index is 13.2. The van der Waals surface area contributed by atoms with Crippen molar-refractivity contribution in [2.45, 2.75) is 59.0 Å². The van der Waals surface area contributed by atoms with Crippen LogP contribution in [-0.4, -0.2) is 85.5 Å². The van der Waals surface area contributed by atoms with Crippen LogP contribution in [0.25, 0.3) is 0 Å². The molecule has 1 aliphatic rings. The van der Waals surface area contributed by atoms with Gasteiger partial charge in [0.05, 0.1) is 5.56 Å². The quantitative estimate of drug-likeness (QED) is 0.222. The molecule has 0 spiro atoms. The number of phenols is 1. The topological polar surface area (TPSA) is 145 Å². The Labute approximate surface area is 273 Å². The zero-order chi connectivity index (χ0) is 26.6. The van der Waals surface area contributed by atoms with E-state index in [0.717, 1.165) is 11.1 Å². The van der Waals surface area contributed by atoms with Crippen LogP contribution >= 0.6 is 7.82 Å². The number of phosphoric ester groups is 1. The second kappa shape index (κ2) is 13.2. The molecule has 11 heteroatoms. The molecule has 3 aromatic rings. The first-order valence-electron chi connectivity index (χ1n) is 11.8. The van der Waals surface area contributed by atoms with Crippen LogP contribution in [-0.2, 0) is 14.9 Å². The molecule has 0 saturated carbocycles. The molecule has 39 heavy (non-hydrogen) atoms. The molecule has 0 saturated heterocycles. The second-order valence-electron chi connectivity index (χ2n) is 9.94. The molecule has 1 aliphatic heterocycles. The summed E-state index contributed by atoms with van der Waals surface area (Å²) in [5.74, 6) is -0.352. The predicted octanol–water partition coefficient (Wildman–Crippen LogP) is 4.60. The third kappa shape index (κ3) is 6.68. The zero-order valence-electron chi connectivity index (χ0n) is 23.7. The van der Waals surface area contributed by atoms with Crippen molar-refractivity contribution in [2.24, 2.45) is 0 Å². The normalized spacial score (nSPS) is 16.1.